The van der Waals surface area contributed by atoms with Crippen molar-refractivity contribution >= 4 is 15.7 Å². The maximum atomic E-state index is 12.2. The van der Waals surface area contributed by atoms with Crippen LogP contribution < -0.4 is 10.5 Å². The number of rotatable bonds is 5. The number of sulfonamides is 1. The Kier molecular flexibility index (Phi) is 3.69. The highest BCUT2D eigenvalue weighted by Crippen LogP contribution is 2.41. The first-order valence-corrected chi connectivity index (χ1v) is 8.58. The summed E-state index contributed by atoms with van der Waals surface area (Å²) in [5, 5.41) is 0. The minimum absolute atomic E-state index is 0.0125. The van der Waals surface area contributed by atoms with Crippen molar-refractivity contribution in [3.63, 3.8) is 0 Å². The Bertz CT molecular complexity index is 729. The highest BCUT2D eigenvalue weighted by atomic mass is 32.2. The van der Waals surface area contributed by atoms with Crippen LogP contribution in [0.4, 0.5) is 5.69 Å². The van der Waals surface area contributed by atoms with Crippen LogP contribution in [-0.2, 0) is 15.8 Å². The average molecular weight is 302 g/mol. The molecule has 0 spiro atoms. The molecule has 4 nitrogen and oxygen atoms in total. The summed E-state index contributed by atoms with van der Waals surface area (Å²) in [5.74, 6) is 0.262. The first kappa shape index (κ1) is 14.1. The Balaban J connectivity index is 1.63. The summed E-state index contributed by atoms with van der Waals surface area (Å²) < 4.78 is 27.2. The summed E-state index contributed by atoms with van der Waals surface area (Å²) in [6.45, 7) is 0. The number of nitrogen functional groups attached to an aromatic ring is 1. The zero-order chi connectivity index (χ0) is 14.9. The van der Waals surface area contributed by atoms with Crippen molar-refractivity contribution in [1.82, 2.24) is 4.72 Å². The van der Waals surface area contributed by atoms with Gasteiger partial charge in [0.2, 0.25) is 10.0 Å². The van der Waals surface area contributed by atoms with E-state index in [1.807, 2.05) is 30.3 Å². The van der Waals surface area contributed by atoms with Gasteiger partial charge in [0.1, 0.15) is 0 Å². The first-order valence-electron chi connectivity index (χ1n) is 6.93. The zero-order valence-electron chi connectivity index (χ0n) is 11.6. The van der Waals surface area contributed by atoms with Crippen LogP contribution in [0, 0.1) is 0 Å². The third-order valence-corrected chi connectivity index (χ3v) is 5.03. The fraction of sp³-hybridized carbons (Fsp3) is 0.250. The number of benzene rings is 2. The van der Waals surface area contributed by atoms with Crippen LogP contribution in [0.25, 0.3) is 0 Å². The van der Waals surface area contributed by atoms with E-state index < -0.39 is 10.0 Å². The molecule has 3 rings (SSSR count). The normalized spacial score (nSPS) is 21.1. The molecule has 3 N–H and O–H groups in total. The topological polar surface area (TPSA) is 72.2 Å². The summed E-state index contributed by atoms with van der Waals surface area (Å²) >= 11 is 0. The molecule has 21 heavy (non-hydrogen) atoms. The Morgan fingerprint density at radius 2 is 1.86 bits per heavy atom. The third-order valence-electron chi connectivity index (χ3n) is 3.66. The Hall–Kier alpha value is -1.85. The number of anilines is 1. The predicted molar refractivity (Wildman–Crippen MR) is 84.2 cm³/mol. The molecular weight excluding hydrogens is 284 g/mol. The van der Waals surface area contributed by atoms with Gasteiger partial charge in [0.25, 0.3) is 0 Å². The smallest absolute Gasteiger partial charge is 0.216 e. The van der Waals surface area contributed by atoms with Crippen molar-refractivity contribution in [2.75, 3.05) is 5.73 Å². The number of nitrogens with two attached hydrogens (primary N) is 1. The van der Waals surface area contributed by atoms with Gasteiger partial charge in [-0.2, -0.15) is 0 Å². The predicted octanol–water partition coefficient (Wildman–Crippen LogP) is 2.24. The molecular formula is C16H18N2O2S. The maximum absolute atomic E-state index is 12.2. The van der Waals surface area contributed by atoms with Gasteiger partial charge in [0, 0.05) is 17.6 Å². The van der Waals surface area contributed by atoms with E-state index in [0.29, 0.717) is 17.2 Å². The second-order valence-corrected chi connectivity index (χ2v) is 7.24. The number of hydrogen-bond donors (Lipinski definition) is 2. The SMILES string of the molecule is Nc1cccc(CS(=O)(=O)NC2CC2c2ccccc2)c1. The molecule has 1 aliphatic carbocycles. The molecule has 1 saturated carbocycles. The highest BCUT2D eigenvalue weighted by molar-refractivity contribution is 7.88. The van der Waals surface area contributed by atoms with Crippen LogP contribution in [0.15, 0.2) is 54.6 Å². The quantitative estimate of drug-likeness (QED) is 0.832. The highest BCUT2D eigenvalue weighted by Gasteiger charge is 2.40. The molecule has 0 radical (unpaired) electrons. The van der Waals surface area contributed by atoms with E-state index in [1.165, 1.54) is 5.56 Å². The van der Waals surface area contributed by atoms with Crippen LogP contribution in [0.2, 0.25) is 0 Å². The number of hydrogen-bond acceptors (Lipinski definition) is 3. The van der Waals surface area contributed by atoms with Crippen molar-refractivity contribution in [2.45, 2.75) is 24.1 Å². The van der Waals surface area contributed by atoms with Gasteiger partial charge in [-0.15, -0.1) is 0 Å². The van der Waals surface area contributed by atoms with Crippen LogP contribution in [0.3, 0.4) is 0 Å². The molecule has 0 saturated heterocycles. The van der Waals surface area contributed by atoms with Crippen molar-refractivity contribution in [2.24, 2.45) is 0 Å². The van der Waals surface area contributed by atoms with Gasteiger partial charge in [-0.05, 0) is 29.7 Å². The summed E-state index contributed by atoms with van der Waals surface area (Å²) in [7, 11) is -3.33. The van der Waals surface area contributed by atoms with Crippen LogP contribution in [0.5, 0.6) is 0 Å². The monoisotopic (exact) mass is 302 g/mol. The summed E-state index contributed by atoms with van der Waals surface area (Å²) in [5.41, 5.74) is 8.15. The summed E-state index contributed by atoms with van der Waals surface area (Å²) in [6.07, 6.45) is 0.861. The van der Waals surface area contributed by atoms with E-state index in [0.717, 1.165) is 6.42 Å². The molecule has 1 aliphatic rings. The number of nitrogens with one attached hydrogen (secondary N) is 1. The van der Waals surface area contributed by atoms with E-state index in [4.69, 9.17) is 5.73 Å². The molecule has 2 aromatic carbocycles. The molecule has 2 unspecified atom stereocenters. The van der Waals surface area contributed by atoms with E-state index in [9.17, 15) is 8.42 Å². The van der Waals surface area contributed by atoms with Gasteiger partial charge in [-0.3, -0.25) is 0 Å². The molecule has 1 fully saturated rings. The lowest BCUT2D eigenvalue weighted by Gasteiger charge is -2.07. The van der Waals surface area contributed by atoms with Crippen LogP contribution >= 0.6 is 0 Å². The average Bonchev–Trinajstić information content (AvgIpc) is 3.17. The Labute approximate surface area is 125 Å². The van der Waals surface area contributed by atoms with Crippen molar-refractivity contribution in [1.29, 1.82) is 0 Å². The van der Waals surface area contributed by atoms with Crippen molar-refractivity contribution in [3.8, 4) is 0 Å². The standard InChI is InChI=1S/C16H18N2O2S/c17-14-8-4-5-12(9-14)11-21(19,20)18-16-10-15(16)13-6-2-1-3-7-13/h1-9,15-16,18H,10-11,17H2. The van der Waals surface area contributed by atoms with Gasteiger partial charge in [0.05, 0.1) is 5.75 Å². The fourth-order valence-electron chi connectivity index (χ4n) is 2.57. The second-order valence-electron chi connectivity index (χ2n) is 5.48. The largest absolute Gasteiger partial charge is 0.399 e. The molecule has 0 aliphatic heterocycles. The van der Waals surface area contributed by atoms with E-state index >= 15 is 0 Å². The van der Waals surface area contributed by atoms with Gasteiger partial charge in [-0.1, -0.05) is 42.5 Å². The molecule has 0 heterocycles. The molecule has 2 aromatic rings. The van der Waals surface area contributed by atoms with Gasteiger partial charge in [0.15, 0.2) is 0 Å². The first-order chi connectivity index (χ1) is 10.0. The van der Waals surface area contributed by atoms with Crippen molar-refractivity contribution in [3.05, 3.63) is 65.7 Å². The summed E-state index contributed by atoms with van der Waals surface area (Å²) in [6, 6.07) is 17.0. The van der Waals surface area contributed by atoms with Gasteiger partial charge >= 0.3 is 0 Å². The lowest BCUT2D eigenvalue weighted by molar-refractivity contribution is 0.579. The fourth-order valence-corrected chi connectivity index (χ4v) is 3.99. The minimum Gasteiger partial charge on any atom is -0.399 e. The molecule has 110 valence electrons. The lowest BCUT2D eigenvalue weighted by atomic mass is 10.1. The van der Waals surface area contributed by atoms with Crippen molar-refractivity contribution < 1.29 is 8.42 Å². The van der Waals surface area contributed by atoms with Crippen LogP contribution in [0.1, 0.15) is 23.5 Å². The Morgan fingerprint density at radius 3 is 2.57 bits per heavy atom. The maximum Gasteiger partial charge on any atom is 0.216 e. The molecule has 2 atom stereocenters. The van der Waals surface area contributed by atoms with Gasteiger partial charge < -0.3 is 5.73 Å². The molecule has 0 amide bonds. The molecule has 0 bridgehead atoms. The third kappa shape index (κ3) is 3.62. The zero-order valence-corrected chi connectivity index (χ0v) is 12.4. The van der Waals surface area contributed by atoms with Crippen LogP contribution in [-0.4, -0.2) is 14.5 Å². The van der Waals surface area contributed by atoms with E-state index in [-0.39, 0.29) is 11.8 Å². The minimum atomic E-state index is -3.33. The molecule has 0 aromatic heterocycles. The molecule has 5 heteroatoms. The van der Waals surface area contributed by atoms with Gasteiger partial charge in [-0.25, -0.2) is 13.1 Å². The Morgan fingerprint density at radius 1 is 1.10 bits per heavy atom. The summed E-state index contributed by atoms with van der Waals surface area (Å²) in [4.78, 5) is 0. The second kappa shape index (κ2) is 5.50. The van der Waals surface area contributed by atoms with E-state index in [2.05, 4.69) is 4.72 Å². The lowest BCUT2D eigenvalue weighted by Crippen LogP contribution is -2.28. The van der Waals surface area contributed by atoms with E-state index in [1.54, 1.807) is 24.3 Å².